The second kappa shape index (κ2) is 11.4. The van der Waals surface area contributed by atoms with Crippen molar-refractivity contribution >= 4 is 39.2 Å². The van der Waals surface area contributed by atoms with Gasteiger partial charge >= 0.3 is 6.09 Å². The van der Waals surface area contributed by atoms with Crippen LogP contribution < -0.4 is 0 Å². The van der Waals surface area contributed by atoms with Gasteiger partial charge in [0.05, 0.1) is 4.75 Å². The van der Waals surface area contributed by atoms with Crippen LogP contribution in [0.25, 0.3) is 0 Å². The highest BCUT2D eigenvalue weighted by molar-refractivity contribution is 9.10. The van der Waals surface area contributed by atoms with Crippen molar-refractivity contribution < 1.29 is 13.7 Å². The van der Waals surface area contributed by atoms with E-state index in [1.807, 2.05) is 82.3 Å². The highest BCUT2D eigenvalue weighted by atomic mass is 79.9. The van der Waals surface area contributed by atoms with Crippen LogP contribution >= 0.6 is 15.9 Å². The Bertz CT molecular complexity index is 864. The average Bonchev–Trinajstić information content (AvgIpc) is 2.71. The molecule has 0 heterocycles. The molecule has 0 spiro atoms. The van der Waals surface area contributed by atoms with Crippen molar-refractivity contribution in [3.05, 3.63) is 70.2 Å². The molecule has 0 bridgehead atoms. The summed E-state index contributed by atoms with van der Waals surface area (Å²) in [6, 6.07) is 17.3. The first kappa shape index (κ1) is 24.3. The highest BCUT2D eigenvalue weighted by Gasteiger charge is 2.22. The van der Waals surface area contributed by atoms with Gasteiger partial charge in [0.1, 0.15) is 17.6 Å². The lowest BCUT2D eigenvalue weighted by Gasteiger charge is -2.28. The SMILES string of the molecule is CC(CC=NS(=O)C(C)(C)C)N(Cc1ccc(Br)cc1)C(=O)OCc1ccccc1. The van der Waals surface area contributed by atoms with Gasteiger partial charge in [-0.05, 0) is 51.0 Å². The molecular weight excluding hydrogens is 464 g/mol. The maximum atomic E-state index is 12.9. The van der Waals surface area contributed by atoms with Crippen LogP contribution in [0.1, 0.15) is 45.2 Å². The Labute approximate surface area is 190 Å². The van der Waals surface area contributed by atoms with Crippen molar-refractivity contribution in [2.75, 3.05) is 0 Å². The average molecular weight is 493 g/mol. The van der Waals surface area contributed by atoms with Crippen molar-refractivity contribution in [1.29, 1.82) is 0 Å². The molecule has 0 radical (unpaired) electrons. The Morgan fingerprint density at radius 3 is 2.37 bits per heavy atom. The van der Waals surface area contributed by atoms with Gasteiger partial charge in [-0.25, -0.2) is 9.00 Å². The molecule has 0 aromatic heterocycles. The van der Waals surface area contributed by atoms with Crippen molar-refractivity contribution in [1.82, 2.24) is 4.90 Å². The van der Waals surface area contributed by atoms with E-state index in [9.17, 15) is 9.00 Å². The number of hydrogen-bond donors (Lipinski definition) is 0. The summed E-state index contributed by atoms with van der Waals surface area (Å²) in [6.45, 7) is 8.21. The number of benzene rings is 2. The molecule has 0 N–H and O–H groups in total. The van der Waals surface area contributed by atoms with Gasteiger partial charge in [0, 0.05) is 29.7 Å². The second-order valence-corrected chi connectivity index (χ2v) is 10.9. The Kier molecular flexibility index (Phi) is 9.24. The quantitative estimate of drug-likeness (QED) is 0.431. The zero-order valence-electron chi connectivity index (χ0n) is 17.9. The van der Waals surface area contributed by atoms with E-state index in [4.69, 9.17) is 4.74 Å². The molecule has 0 aliphatic heterocycles. The highest BCUT2D eigenvalue weighted by Crippen LogP contribution is 2.17. The standard InChI is InChI=1S/C23H29BrN2O3S/c1-18(14-15-25-30(28)23(2,3)4)26(16-19-10-12-21(24)13-11-19)22(27)29-17-20-8-6-5-7-9-20/h5-13,15,18H,14,16-17H2,1-4H3. The number of carbonyl (C=O) groups is 1. The summed E-state index contributed by atoms with van der Waals surface area (Å²) in [5.74, 6) is 0. The summed E-state index contributed by atoms with van der Waals surface area (Å²) in [4.78, 5) is 14.6. The minimum Gasteiger partial charge on any atom is -0.445 e. The molecule has 162 valence electrons. The molecule has 0 aliphatic carbocycles. The third-order valence-corrected chi connectivity index (χ3v) is 6.30. The van der Waals surface area contributed by atoms with Crippen LogP contribution in [0.2, 0.25) is 0 Å². The van der Waals surface area contributed by atoms with Gasteiger partial charge < -0.3 is 9.64 Å². The van der Waals surface area contributed by atoms with E-state index >= 15 is 0 Å². The minimum atomic E-state index is -1.32. The monoisotopic (exact) mass is 492 g/mol. The van der Waals surface area contributed by atoms with Crippen molar-refractivity contribution in [2.45, 2.75) is 58.1 Å². The molecule has 0 saturated heterocycles. The third-order valence-electron chi connectivity index (χ3n) is 4.38. The van der Waals surface area contributed by atoms with Gasteiger partial charge in [0.15, 0.2) is 0 Å². The number of amides is 1. The van der Waals surface area contributed by atoms with E-state index in [1.54, 1.807) is 11.1 Å². The molecule has 0 aliphatic rings. The van der Waals surface area contributed by atoms with Crippen LogP contribution in [-0.4, -0.2) is 32.2 Å². The molecule has 0 saturated carbocycles. The predicted octanol–water partition coefficient (Wildman–Crippen LogP) is 5.90. The topological polar surface area (TPSA) is 59.0 Å². The fourth-order valence-corrected chi connectivity index (χ4v) is 3.34. The molecule has 0 fully saturated rings. The van der Waals surface area contributed by atoms with Crippen LogP contribution in [0.5, 0.6) is 0 Å². The Hall–Kier alpha value is -1.99. The summed E-state index contributed by atoms with van der Waals surface area (Å²) in [7, 11) is -1.32. The van der Waals surface area contributed by atoms with Crippen LogP contribution in [0.3, 0.4) is 0 Å². The first-order valence-electron chi connectivity index (χ1n) is 9.83. The zero-order valence-corrected chi connectivity index (χ0v) is 20.3. The summed E-state index contributed by atoms with van der Waals surface area (Å²) >= 11 is 3.43. The van der Waals surface area contributed by atoms with Crippen molar-refractivity contribution in [3.63, 3.8) is 0 Å². The summed E-state index contributed by atoms with van der Waals surface area (Å²) in [6.07, 6.45) is 1.74. The molecule has 1 amide bonds. The molecule has 2 atom stereocenters. The third kappa shape index (κ3) is 8.03. The molecule has 2 aromatic rings. The van der Waals surface area contributed by atoms with E-state index < -0.39 is 15.7 Å². The van der Waals surface area contributed by atoms with E-state index in [1.165, 1.54) is 0 Å². The fourth-order valence-electron chi connectivity index (χ4n) is 2.54. The molecule has 30 heavy (non-hydrogen) atoms. The van der Waals surface area contributed by atoms with Crippen molar-refractivity contribution in [2.24, 2.45) is 4.40 Å². The van der Waals surface area contributed by atoms with Gasteiger partial charge in [0.25, 0.3) is 0 Å². The Balaban J connectivity index is 2.08. The largest absolute Gasteiger partial charge is 0.445 e. The Morgan fingerprint density at radius 1 is 1.13 bits per heavy atom. The van der Waals surface area contributed by atoms with E-state index in [-0.39, 0.29) is 18.7 Å². The van der Waals surface area contributed by atoms with Crippen LogP contribution in [0, 0.1) is 0 Å². The van der Waals surface area contributed by atoms with E-state index in [0.717, 1.165) is 15.6 Å². The van der Waals surface area contributed by atoms with Gasteiger partial charge in [-0.2, -0.15) is 4.40 Å². The minimum absolute atomic E-state index is 0.169. The van der Waals surface area contributed by atoms with E-state index in [0.29, 0.717) is 13.0 Å². The molecule has 2 unspecified atom stereocenters. The molecule has 5 nitrogen and oxygen atoms in total. The summed E-state index contributed by atoms with van der Waals surface area (Å²) < 4.78 is 22.4. The number of carbonyl (C=O) groups excluding carboxylic acids is 1. The maximum absolute atomic E-state index is 12.9. The van der Waals surface area contributed by atoms with Gasteiger partial charge in [-0.1, -0.05) is 58.4 Å². The first-order valence-corrected chi connectivity index (χ1v) is 11.7. The lowest BCUT2D eigenvalue weighted by molar-refractivity contribution is 0.0812. The second-order valence-electron chi connectivity index (χ2n) is 8.03. The Morgan fingerprint density at radius 2 is 1.77 bits per heavy atom. The number of ether oxygens (including phenoxy) is 1. The molecule has 2 aromatic carbocycles. The number of rotatable bonds is 8. The van der Waals surface area contributed by atoms with Crippen LogP contribution in [0.15, 0.2) is 63.5 Å². The number of nitrogens with zero attached hydrogens (tertiary/aromatic N) is 2. The van der Waals surface area contributed by atoms with Gasteiger partial charge in [-0.3, -0.25) is 0 Å². The molecule has 2 rings (SSSR count). The van der Waals surface area contributed by atoms with Gasteiger partial charge in [-0.15, -0.1) is 0 Å². The van der Waals surface area contributed by atoms with Crippen LogP contribution in [-0.2, 0) is 28.9 Å². The lowest BCUT2D eigenvalue weighted by Crippen LogP contribution is -2.38. The smallest absolute Gasteiger partial charge is 0.410 e. The molecule has 7 heteroatoms. The zero-order chi connectivity index (χ0) is 22.1. The number of halogens is 1. The fraction of sp³-hybridized carbons (Fsp3) is 0.391. The van der Waals surface area contributed by atoms with E-state index in [2.05, 4.69) is 20.3 Å². The normalized spacial score (nSPS) is 13.8. The van der Waals surface area contributed by atoms with Gasteiger partial charge in [0.2, 0.25) is 0 Å². The lowest BCUT2D eigenvalue weighted by atomic mass is 10.1. The maximum Gasteiger partial charge on any atom is 0.410 e. The first-order chi connectivity index (χ1) is 14.2. The van der Waals surface area contributed by atoms with Crippen LogP contribution in [0.4, 0.5) is 4.79 Å². The summed E-state index contributed by atoms with van der Waals surface area (Å²) in [5, 5.41) is 0. The summed E-state index contributed by atoms with van der Waals surface area (Å²) in [5.41, 5.74) is 1.93. The van der Waals surface area contributed by atoms with Crippen molar-refractivity contribution in [3.8, 4) is 0 Å². The predicted molar refractivity (Wildman–Crippen MR) is 127 cm³/mol. The molecular formula is C23H29BrN2O3S. The number of hydrogen-bond acceptors (Lipinski definition) is 3.